The Morgan fingerprint density at radius 2 is 1.72 bits per heavy atom. The van der Waals surface area contributed by atoms with Crippen molar-refractivity contribution in [2.45, 2.75) is 46.1 Å². The largest absolute Gasteiger partial charge is 0.396 e. The minimum absolute atomic E-state index is 0.130. The Kier molecular flexibility index (Phi) is 4.82. The number of hydrogen-bond acceptors (Lipinski definition) is 4. The lowest BCUT2D eigenvalue weighted by atomic mass is 9.54. The van der Waals surface area contributed by atoms with Gasteiger partial charge >= 0.3 is 0 Å². The summed E-state index contributed by atoms with van der Waals surface area (Å²) >= 11 is 0. The number of fused-ring (bicyclic) bond motifs is 2. The molecule has 138 valence electrons. The summed E-state index contributed by atoms with van der Waals surface area (Å²) in [6, 6.07) is 10.1. The fourth-order valence-electron chi connectivity index (χ4n) is 5.11. The minimum atomic E-state index is -0.729. The average Bonchev–Trinajstić information content (AvgIpc) is 2.50. The Morgan fingerprint density at radius 1 is 1.12 bits per heavy atom. The van der Waals surface area contributed by atoms with E-state index >= 15 is 0 Å². The molecule has 25 heavy (non-hydrogen) atoms. The maximum Gasteiger partial charge on any atom is 0.134 e. The molecule has 1 saturated heterocycles. The molecule has 0 amide bonds. The maximum absolute atomic E-state index is 12.5. The normalized spacial score (nSPS) is 33.5. The van der Waals surface area contributed by atoms with Gasteiger partial charge in [-0.3, -0.25) is 4.79 Å². The predicted molar refractivity (Wildman–Crippen MR) is 98.2 cm³/mol. The Balaban J connectivity index is 1.97. The van der Waals surface area contributed by atoms with E-state index in [1.54, 1.807) is 0 Å². The van der Waals surface area contributed by atoms with Gasteiger partial charge in [-0.05, 0) is 17.4 Å². The summed E-state index contributed by atoms with van der Waals surface area (Å²) in [5, 5.41) is 21.4. The molecule has 1 unspecified atom stereocenters. The van der Waals surface area contributed by atoms with Crippen LogP contribution in [0.3, 0.4) is 0 Å². The van der Waals surface area contributed by atoms with Crippen LogP contribution in [0.1, 0.15) is 39.2 Å². The van der Waals surface area contributed by atoms with Gasteiger partial charge in [-0.2, -0.15) is 0 Å². The van der Waals surface area contributed by atoms with Crippen LogP contribution < -0.4 is 0 Å². The summed E-state index contributed by atoms with van der Waals surface area (Å²) in [5.74, 6) is 0.172. The fraction of sp³-hybridized carbons (Fsp3) is 0.667. The third kappa shape index (κ3) is 3.67. The summed E-state index contributed by atoms with van der Waals surface area (Å²) in [6.07, 6.45) is 0.690. The van der Waals surface area contributed by atoms with Crippen molar-refractivity contribution in [1.29, 1.82) is 0 Å². The summed E-state index contributed by atoms with van der Waals surface area (Å²) in [6.45, 7) is 8.65. The van der Waals surface area contributed by atoms with Gasteiger partial charge in [0.2, 0.25) is 0 Å². The van der Waals surface area contributed by atoms with E-state index in [1.807, 2.05) is 18.2 Å². The number of Topliss-reactive ketones (excluding diaryl/α,β-unsaturated/α-hetero) is 1. The second kappa shape index (κ2) is 6.49. The summed E-state index contributed by atoms with van der Waals surface area (Å²) < 4.78 is 0. The first-order valence-electron chi connectivity index (χ1n) is 9.25. The van der Waals surface area contributed by atoms with Gasteiger partial charge < -0.3 is 15.1 Å². The lowest BCUT2D eigenvalue weighted by Crippen LogP contribution is -2.68. The van der Waals surface area contributed by atoms with Gasteiger partial charge in [-0.1, -0.05) is 51.1 Å². The zero-order valence-corrected chi connectivity index (χ0v) is 15.7. The zero-order valence-electron chi connectivity index (χ0n) is 15.7. The number of ketones is 1. The second-order valence-electron chi connectivity index (χ2n) is 9.55. The topological polar surface area (TPSA) is 60.8 Å². The van der Waals surface area contributed by atoms with Crippen molar-refractivity contribution in [3.63, 3.8) is 0 Å². The molecular weight excluding hydrogens is 314 g/mol. The smallest absolute Gasteiger partial charge is 0.134 e. The molecule has 1 heterocycles. The van der Waals surface area contributed by atoms with E-state index in [9.17, 15) is 15.0 Å². The molecule has 1 aliphatic carbocycles. The van der Waals surface area contributed by atoms with Crippen LogP contribution in [-0.4, -0.2) is 53.2 Å². The lowest BCUT2D eigenvalue weighted by molar-refractivity contribution is -0.188. The average molecular weight is 345 g/mol. The molecule has 0 radical (unpaired) electrons. The number of carbonyl (C=O) groups is 1. The van der Waals surface area contributed by atoms with E-state index < -0.39 is 16.9 Å². The number of likely N-dealkylation sites (tertiary alicyclic amines) is 1. The summed E-state index contributed by atoms with van der Waals surface area (Å²) in [7, 11) is 0. The van der Waals surface area contributed by atoms with Crippen molar-refractivity contribution >= 4 is 5.78 Å². The van der Waals surface area contributed by atoms with E-state index in [-0.39, 0.29) is 24.2 Å². The number of aliphatic hydroxyl groups excluding tert-OH is 2. The summed E-state index contributed by atoms with van der Waals surface area (Å²) in [4.78, 5) is 14.9. The van der Waals surface area contributed by atoms with E-state index in [4.69, 9.17) is 0 Å². The van der Waals surface area contributed by atoms with Gasteiger partial charge in [-0.15, -0.1) is 0 Å². The molecule has 1 aliphatic heterocycles. The Morgan fingerprint density at radius 3 is 2.32 bits per heavy atom. The lowest BCUT2D eigenvalue weighted by Gasteiger charge is -2.59. The maximum atomic E-state index is 12.5. The molecule has 1 aromatic carbocycles. The van der Waals surface area contributed by atoms with Crippen LogP contribution in [-0.2, 0) is 11.2 Å². The Bertz CT molecular complexity index is 624. The number of rotatable bonds is 4. The highest BCUT2D eigenvalue weighted by Gasteiger charge is 2.59. The molecular formula is C21H31NO3. The van der Waals surface area contributed by atoms with Crippen LogP contribution in [0.15, 0.2) is 30.3 Å². The van der Waals surface area contributed by atoms with Crippen LogP contribution >= 0.6 is 0 Å². The van der Waals surface area contributed by atoms with Crippen molar-refractivity contribution in [2.75, 3.05) is 26.2 Å². The summed E-state index contributed by atoms with van der Waals surface area (Å²) in [5.41, 5.74) is 0.0301. The Labute approximate surface area is 150 Å². The van der Waals surface area contributed by atoms with E-state index in [0.717, 1.165) is 12.1 Å². The molecule has 2 N–H and O–H groups in total. The first-order valence-corrected chi connectivity index (χ1v) is 9.25. The monoisotopic (exact) mass is 345 g/mol. The highest BCUT2D eigenvalue weighted by atomic mass is 16.3. The predicted octanol–water partition coefficient (Wildman–Crippen LogP) is 2.28. The first-order chi connectivity index (χ1) is 11.7. The Hall–Kier alpha value is -1.23. The number of piperidine rings is 1. The van der Waals surface area contributed by atoms with Crippen LogP contribution in [0.4, 0.5) is 0 Å². The number of benzene rings is 1. The van der Waals surface area contributed by atoms with Gasteiger partial charge in [0.05, 0.1) is 12.7 Å². The molecule has 0 spiro atoms. The standard InChI is InChI=1S/C21H31NO3/c1-19(2,3)12-22-13-20(9-16-7-5-4-6-8-16)10-17(24)11-21(14-22,15-23)18(20)25/h4-8,18,23,25H,9-15H2,1-3H3/t18?,20-,21+/m1/s1. The van der Waals surface area contributed by atoms with Crippen LogP contribution in [0.25, 0.3) is 0 Å². The van der Waals surface area contributed by atoms with Gasteiger partial charge in [0, 0.05) is 43.3 Å². The molecule has 4 heteroatoms. The molecule has 1 aromatic rings. The van der Waals surface area contributed by atoms with E-state index in [1.165, 1.54) is 0 Å². The second-order valence-corrected chi connectivity index (χ2v) is 9.55. The number of carbonyl (C=O) groups excluding carboxylic acids is 1. The van der Waals surface area contributed by atoms with Crippen LogP contribution in [0.5, 0.6) is 0 Å². The van der Waals surface area contributed by atoms with Gasteiger partial charge in [0.25, 0.3) is 0 Å². The van der Waals surface area contributed by atoms with E-state index in [2.05, 4.69) is 37.8 Å². The van der Waals surface area contributed by atoms with Crippen molar-refractivity contribution in [3.05, 3.63) is 35.9 Å². The van der Waals surface area contributed by atoms with Gasteiger partial charge in [0.1, 0.15) is 5.78 Å². The van der Waals surface area contributed by atoms with Crippen molar-refractivity contribution in [2.24, 2.45) is 16.2 Å². The molecule has 4 nitrogen and oxygen atoms in total. The van der Waals surface area contributed by atoms with Crippen molar-refractivity contribution in [1.82, 2.24) is 4.90 Å². The van der Waals surface area contributed by atoms with Gasteiger partial charge in [0.15, 0.2) is 0 Å². The third-order valence-electron chi connectivity index (χ3n) is 5.75. The number of hydrogen-bond donors (Lipinski definition) is 2. The quantitative estimate of drug-likeness (QED) is 0.879. The molecule has 2 fully saturated rings. The van der Waals surface area contributed by atoms with Crippen molar-refractivity contribution in [3.8, 4) is 0 Å². The zero-order chi connectivity index (χ0) is 18.3. The molecule has 2 bridgehead atoms. The van der Waals surface area contributed by atoms with Crippen molar-refractivity contribution < 1.29 is 15.0 Å². The highest BCUT2D eigenvalue weighted by molar-refractivity contribution is 5.81. The molecule has 0 aromatic heterocycles. The number of nitrogens with zero attached hydrogens (tertiary/aromatic N) is 1. The first kappa shape index (κ1) is 18.6. The molecule has 1 saturated carbocycles. The fourth-order valence-corrected chi connectivity index (χ4v) is 5.11. The molecule has 2 aliphatic rings. The number of aliphatic hydroxyl groups is 2. The molecule has 3 rings (SSSR count). The highest BCUT2D eigenvalue weighted by Crippen LogP contribution is 2.51. The van der Waals surface area contributed by atoms with Gasteiger partial charge in [-0.25, -0.2) is 0 Å². The minimum Gasteiger partial charge on any atom is -0.396 e. The van der Waals surface area contributed by atoms with E-state index in [0.29, 0.717) is 25.9 Å². The third-order valence-corrected chi connectivity index (χ3v) is 5.75. The van der Waals surface area contributed by atoms with Crippen LogP contribution in [0.2, 0.25) is 0 Å². The SMILES string of the molecule is CC(C)(C)CN1C[C@]2(CO)CC(=O)C[C@](Cc3ccccc3)(C1)C2O. The molecule has 3 atom stereocenters. The van der Waals surface area contributed by atoms with Crippen LogP contribution in [0, 0.1) is 16.2 Å².